The molecule has 0 bridgehead atoms. The Morgan fingerprint density at radius 2 is 1.36 bits per heavy atom. The molecule has 0 aliphatic heterocycles. The van der Waals surface area contributed by atoms with Crippen LogP contribution in [0.5, 0.6) is 5.75 Å². The van der Waals surface area contributed by atoms with Crippen molar-refractivity contribution in [2.24, 2.45) is 20.5 Å². The fourth-order valence-electron chi connectivity index (χ4n) is 2.59. The molecule has 0 amide bonds. The van der Waals surface area contributed by atoms with Crippen LogP contribution in [0.15, 0.2) is 81.1 Å². The minimum Gasteiger partial charge on any atom is -0.494 e. The Morgan fingerprint density at radius 1 is 0.758 bits per heavy atom. The first-order valence-electron chi connectivity index (χ1n) is 10.8. The minimum absolute atomic E-state index is 0.0911. The summed E-state index contributed by atoms with van der Waals surface area (Å²) in [6.07, 6.45) is 0. The van der Waals surface area contributed by atoms with Crippen molar-refractivity contribution in [3.05, 3.63) is 81.9 Å². The third-order valence-electron chi connectivity index (χ3n) is 4.12. The van der Waals surface area contributed by atoms with Crippen molar-refractivity contribution in [2.75, 3.05) is 7.11 Å². The molecule has 8 heteroatoms. The molecule has 0 spiro atoms. The summed E-state index contributed by atoms with van der Waals surface area (Å²) in [4.78, 5) is 10.8. The van der Waals surface area contributed by atoms with Gasteiger partial charge in [-0.05, 0) is 49.2 Å². The zero-order chi connectivity index (χ0) is 24.8. The van der Waals surface area contributed by atoms with E-state index in [1.165, 1.54) is 13.2 Å². The first-order chi connectivity index (χ1) is 16.0. The predicted molar refractivity (Wildman–Crippen MR) is 133 cm³/mol. The highest BCUT2D eigenvalue weighted by Gasteiger charge is 2.14. The van der Waals surface area contributed by atoms with E-state index < -0.39 is 4.92 Å². The van der Waals surface area contributed by atoms with Crippen LogP contribution < -0.4 is 4.74 Å². The number of hydrogen-bond acceptors (Lipinski definition) is 7. The van der Waals surface area contributed by atoms with Crippen LogP contribution in [-0.2, 0) is 0 Å². The summed E-state index contributed by atoms with van der Waals surface area (Å²) in [6, 6.07) is 17.6. The van der Waals surface area contributed by atoms with Gasteiger partial charge in [-0.25, -0.2) is 0 Å². The molecule has 0 aromatic heterocycles. The van der Waals surface area contributed by atoms with E-state index in [4.69, 9.17) is 4.74 Å². The predicted octanol–water partition coefficient (Wildman–Crippen LogP) is 9.10. The van der Waals surface area contributed by atoms with Gasteiger partial charge in [0, 0.05) is 12.1 Å². The molecule has 0 atom stereocenters. The monoisotopic (exact) mass is 449 g/mol. The number of azo groups is 2. The van der Waals surface area contributed by atoms with Crippen molar-refractivity contribution in [3.8, 4) is 5.75 Å². The highest BCUT2D eigenvalue weighted by molar-refractivity contribution is 5.64. The van der Waals surface area contributed by atoms with E-state index >= 15 is 0 Å². The quantitative estimate of drug-likeness (QED) is 0.213. The van der Waals surface area contributed by atoms with E-state index in [9.17, 15) is 10.1 Å². The van der Waals surface area contributed by atoms with Gasteiger partial charge in [0.05, 0.1) is 23.4 Å². The maximum Gasteiger partial charge on any atom is 0.296 e. The van der Waals surface area contributed by atoms with E-state index in [1.54, 1.807) is 31.2 Å². The lowest BCUT2D eigenvalue weighted by atomic mass is 10.1. The van der Waals surface area contributed by atoms with Crippen LogP contribution in [0, 0.1) is 24.0 Å². The van der Waals surface area contributed by atoms with Gasteiger partial charge in [0.15, 0.2) is 5.69 Å². The summed E-state index contributed by atoms with van der Waals surface area (Å²) in [5.41, 5.74) is 3.46. The summed E-state index contributed by atoms with van der Waals surface area (Å²) < 4.78 is 5.40. The van der Waals surface area contributed by atoms with Crippen molar-refractivity contribution in [2.45, 2.75) is 41.5 Å². The van der Waals surface area contributed by atoms with Gasteiger partial charge in [0.1, 0.15) is 11.4 Å². The van der Waals surface area contributed by atoms with E-state index in [-0.39, 0.29) is 11.4 Å². The minimum atomic E-state index is -0.470. The fraction of sp³-hybridized carbons (Fsp3) is 0.280. The molecule has 8 nitrogen and oxygen atoms in total. The standard InChI is InChI=1S/C21H19N5O3.2C2H6/c1-14-9-10-17(20(11-14)26(27)28)23-24-18-13-21(29-3)19(12-15(18)2)25-22-16-7-5-4-6-8-16;2*1-2/h4-13H,1-3H3;2*1-2H3. The average molecular weight is 450 g/mol. The molecule has 0 radical (unpaired) electrons. The molecule has 174 valence electrons. The highest BCUT2D eigenvalue weighted by atomic mass is 16.6. The summed E-state index contributed by atoms with van der Waals surface area (Å²) in [7, 11) is 1.53. The molecule has 3 aromatic rings. The van der Waals surface area contributed by atoms with Gasteiger partial charge in [0.2, 0.25) is 0 Å². The molecule has 33 heavy (non-hydrogen) atoms. The summed E-state index contributed by atoms with van der Waals surface area (Å²) in [5.74, 6) is 0.475. The topological polar surface area (TPSA) is 102 Å². The lowest BCUT2D eigenvalue weighted by molar-refractivity contribution is -0.384. The normalized spacial score (nSPS) is 10.3. The molecule has 0 fully saturated rings. The summed E-state index contributed by atoms with van der Waals surface area (Å²) in [5, 5.41) is 28.0. The number of benzene rings is 3. The SMILES string of the molecule is CC.CC.COc1cc(N=Nc2ccc(C)cc2[N+](=O)[O-])c(C)cc1N=Nc1ccccc1. The molecular weight excluding hydrogens is 418 g/mol. The van der Waals surface area contributed by atoms with Crippen LogP contribution in [0.2, 0.25) is 0 Å². The van der Waals surface area contributed by atoms with Crippen molar-refractivity contribution >= 4 is 28.4 Å². The van der Waals surface area contributed by atoms with E-state index in [2.05, 4.69) is 20.5 Å². The van der Waals surface area contributed by atoms with E-state index in [0.717, 1.165) is 16.8 Å². The second-order valence-electron chi connectivity index (χ2n) is 6.30. The maximum atomic E-state index is 11.2. The third kappa shape index (κ3) is 7.92. The Balaban J connectivity index is 0.00000129. The number of nitro groups is 1. The molecule has 3 aromatic carbocycles. The zero-order valence-electron chi connectivity index (χ0n) is 20.2. The van der Waals surface area contributed by atoms with Crippen LogP contribution in [0.1, 0.15) is 38.8 Å². The van der Waals surface area contributed by atoms with Crippen molar-refractivity contribution in [3.63, 3.8) is 0 Å². The lowest BCUT2D eigenvalue weighted by Gasteiger charge is -2.07. The van der Waals surface area contributed by atoms with Crippen LogP contribution in [0.3, 0.4) is 0 Å². The molecule has 0 unspecified atom stereocenters. The van der Waals surface area contributed by atoms with Gasteiger partial charge in [-0.1, -0.05) is 52.0 Å². The second-order valence-corrected chi connectivity index (χ2v) is 6.30. The number of ether oxygens (including phenoxy) is 1. The Bertz CT molecular complexity index is 1100. The molecule has 0 heterocycles. The van der Waals surface area contributed by atoms with Crippen molar-refractivity contribution in [1.82, 2.24) is 0 Å². The van der Waals surface area contributed by atoms with Crippen LogP contribution >= 0.6 is 0 Å². The van der Waals surface area contributed by atoms with Crippen molar-refractivity contribution < 1.29 is 9.66 Å². The molecule has 0 N–H and O–H groups in total. The number of aryl methyl sites for hydroxylation is 2. The highest BCUT2D eigenvalue weighted by Crippen LogP contribution is 2.37. The number of hydrogen-bond donors (Lipinski definition) is 0. The fourth-order valence-corrected chi connectivity index (χ4v) is 2.59. The summed E-state index contributed by atoms with van der Waals surface area (Å²) >= 11 is 0. The third-order valence-corrected chi connectivity index (χ3v) is 4.12. The first kappa shape index (κ1) is 27.1. The zero-order valence-corrected chi connectivity index (χ0v) is 20.2. The van der Waals surface area contributed by atoms with Gasteiger partial charge < -0.3 is 4.74 Å². The van der Waals surface area contributed by atoms with E-state index in [1.807, 2.05) is 65.0 Å². The Labute approximate surface area is 195 Å². The Hall–Kier alpha value is -3.94. The van der Waals surface area contributed by atoms with Gasteiger partial charge in [-0.3, -0.25) is 10.1 Å². The number of nitro benzene ring substituents is 1. The van der Waals surface area contributed by atoms with Crippen LogP contribution in [0.4, 0.5) is 28.4 Å². The first-order valence-corrected chi connectivity index (χ1v) is 10.8. The number of nitrogens with zero attached hydrogens (tertiary/aromatic N) is 5. The smallest absolute Gasteiger partial charge is 0.296 e. The number of rotatable bonds is 6. The van der Waals surface area contributed by atoms with Gasteiger partial charge in [0.25, 0.3) is 5.69 Å². The maximum absolute atomic E-state index is 11.2. The van der Waals surface area contributed by atoms with Crippen molar-refractivity contribution in [1.29, 1.82) is 0 Å². The molecular formula is C25H31N5O3. The average Bonchev–Trinajstić information content (AvgIpc) is 2.85. The lowest BCUT2D eigenvalue weighted by Crippen LogP contribution is -1.89. The number of methoxy groups -OCH3 is 1. The molecule has 0 aliphatic carbocycles. The van der Waals surface area contributed by atoms with Gasteiger partial charge in [-0.2, -0.15) is 5.11 Å². The van der Waals surface area contributed by atoms with Gasteiger partial charge >= 0.3 is 0 Å². The Morgan fingerprint density at radius 3 is 1.97 bits per heavy atom. The second kappa shape index (κ2) is 14.2. The largest absolute Gasteiger partial charge is 0.494 e. The van der Waals surface area contributed by atoms with Gasteiger partial charge in [-0.15, -0.1) is 15.3 Å². The van der Waals surface area contributed by atoms with E-state index in [0.29, 0.717) is 17.1 Å². The summed E-state index contributed by atoms with van der Waals surface area (Å²) in [6.45, 7) is 11.6. The van der Waals surface area contributed by atoms with Crippen LogP contribution in [-0.4, -0.2) is 12.0 Å². The molecule has 0 saturated heterocycles. The van der Waals surface area contributed by atoms with Crippen LogP contribution in [0.25, 0.3) is 0 Å². The Kier molecular flexibility index (Phi) is 11.6. The molecule has 3 rings (SSSR count). The molecule has 0 saturated carbocycles. The molecule has 0 aliphatic rings.